The predicted octanol–water partition coefficient (Wildman–Crippen LogP) is 3.41. The fraction of sp³-hybridized carbons (Fsp3) is 0.286. The van der Waals surface area contributed by atoms with Crippen molar-refractivity contribution in [1.29, 1.82) is 0 Å². The summed E-state index contributed by atoms with van der Waals surface area (Å²) in [5, 5.41) is 18.0. The number of amides is 1. The van der Waals surface area contributed by atoms with Crippen molar-refractivity contribution in [2.24, 2.45) is 5.92 Å². The van der Waals surface area contributed by atoms with Gasteiger partial charge in [-0.2, -0.15) is 4.52 Å². The minimum Gasteiger partial charge on any atom is -0.355 e. The molecule has 0 atom stereocenters. The van der Waals surface area contributed by atoms with Crippen LogP contribution in [0.15, 0.2) is 48.1 Å². The summed E-state index contributed by atoms with van der Waals surface area (Å²) in [4.78, 5) is 19.5. The molecule has 1 N–H and O–H groups in total. The third-order valence-corrected chi connectivity index (χ3v) is 6.18. The molecule has 0 radical (unpaired) electrons. The van der Waals surface area contributed by atoms with Crippen molar-refractivity contribution in [1.82, 2.24) is 24.8 Å². The van der Waals surface area contributed by atoms with Gasteiger partial charge in [-0.25, -0.2) is 4.98 Å². The number of nitrogens with zero attached hydrogens (tertiary/aromatic N) is 6. The monoisotopic (exact) mass is 419 g/mol. The van der Waals surface area contributed by atoms with E-state index in [0.717, 1.165) is 48.7 Å². The molecule has 3 aromatic heterocycles. The molecule has 1 aliphatic heterocycles. The molecule has 0 spiro atoms. The van der Waals surface area contributed by atoms with Crippen molar-refractivity contribution >= 4 is 33.8 Å². The number of piperidine rings is 1. The molecular weight excluding hydrogens is 398 g/mol. The molecule has 1 fully saturated rings. The van der Waals surface area contributed by atoms with E-state index in [1.807, 2.05) is 17.5 Å². The smallest absolute Gasteiger partial charge is 0.229 e. The van der Waals surface area contributed by atoms with Crippen molar-refractivity contribution in [3.63, 3.8) is 0 Å². The van der Waals surface area contributed by atoms with Gasteiger partial charge in [-0.05, 0) is 31.9 Å². The summed E-state index contributed by atoms with van der Waals surface area (Å²) in [7, 11) is 0. The highest BCUT2D eigenvalue weighted by atomic mass is 32.1. The zero-order valence-corrected chi connectivity index (χ0v) is 17.3. The molecular formula is C21H21N7OS. The van der Waals surface area contributed by atoms with Crippen molar-refractivity contribution in [2.45, 2.75) is 19.8 Å². The van der Waals surface area contributed by atoms with Crippen LogP contribution in [0.5, 0.6) is 0 Å². The number of nitrogens with one attached hydrogen (secondary N) is 1. The molecule has 0 saturated carbocycles. The van der Waals surface area contributed by atoms with Crippen LogP contribution in [0.25, 0.3) is 16.9 Å². The minimum atomic E-state index is -0.0217. The number of aryl methyl sites for hydroxylation is 1. The largest absolute Gasteiger partial charge is 0.355 e. The van der Waals surface area contributed by atoms with E-state index in [1.54, 1.807) is 10.8 Å². The van der Waals surface area contributed by atoms with Gasteiger partial charge in [0, 0.05) is 30.0 Å². The van der Waals surface area contributed by atoms with Gasteiger partial charge < -0.3 is 10.2 Å². The molecule has 5 rings (SSSR count). The molecule has 4 aromatic rings. The minimum absolute atomic E-state index is 0.0217. The van der Waals surface area contributed by atoms with Crippen LogP contribution < -0.4 is 10.2 Å². The first-order valence-electron chi connectivity index (χ1n) is 9.91. The van der Waals surface area contributed by atoms with E-state index in [1.165, 1.54) is 16.9 Å². The van der Waals surface area contributed by atoms with Crippen LogP contribution in [-0.2, 0) is 4.79 Å². The second-order valence-corrected chi connectivity index (χ2v) is 8.34. The first-order valence-corrected chi connectivity index (χ1v) is 10.8. The summed E-state index contributed by atoms with van der Waals surface area (Å²) in [6.07, 6.45) is 3.16. The van der Waals surface area contributed by atoms with E-state index < -0.39 is 0 Å². The maximum absolute atomic E-state index is 12.7. The summed E-state index contributed by atoms with van der Waals surface area (Å²) in [5.74, 6) is 0.900. The predicted molar refractivity (Wildman–Crippen MR) is 117 cm³/mol. The summed E-state index contributed by atoms with van der Waals surface area (Å²) in [5.41, 5.74) is 3.89. The molecule has 30 heavy (non-hydrogen) atoms. The Kier molecular flexibility index (Phi) is 4.88. The SMILES string of the molecule is Cc1ccc(-c2csc(NC(=O)C3CCN(c4ccc5nncn5n4)CC3)n2)cc1. The lowest BCUT2D eigenvalue weighted by Crippen LogP contribution is -2.38. The molecule has 0 aliphatic carbocycles. The van der Waals surface area contributed by atoms with Crippen molar-refractivity contribution in [2.75, 3.05) is 23.3 Å². The van der Waals surface area contributed by atoms with E-state index in [-0.39, 0.29) is 11.8 Å². The average molecular weight is 420 g/mol. The number of rotatable bonds is 4. The first kappa shape index (κ1) is 18.7. The van der Waals surface area contributed by atoms with Gasteiger partial charge in [0.05, 0.1) is 5.69 Å². The second-order valence-electron chi connectivity index (χ2n) is 7.48. The number of aromatic nitrogens is 5. The zero-order chi connectivity index (χ0) is 20.5. The van der Waals surface area contributed by atoms with Crippen LogP contribution in [0, 0.1) is 12.8 Å². The molecule has 4 heterocycles. The Bertz CT molecular complexity index is 1180. The molecule has 8 nitrogen and oxygen atoms in total. The molecule has 0 bridgehead atoms. The van der Waals surface area contributed by atoms with E-state index in [4.69, 9.17) is 0 Å². The van der Waals surface area contributed by atoms with Gasteiger partial charge in [-0.15, -0.1) is 26.6 Å². The Morgan fingerprint density at radius 1 is 1.13 bits per heavy atom. The maximum Gasteiger partial charge on any atom is 0.229 e. The van der Waals surface area contributed by atoms with Crippen molar-refractivity contribution in [3.8, 4) is 11.3 Å². The van der Waals surface area contributed by atoms with E-state index in [2.05, 4.69) is 61.7 Å². The van der Waals surface area contributed by atoms with Gasteiger partial charge in [0.2, 0.25) is 5.91 Å². The highest BCUT2D eigenvalue weighted by Crippen LogP contribution is 2.27. The first-order chi connectivity index (χ1) is 14.7. The van der Waals surface area contributed by atoms with Crippen LogP contribution in [0.4, 0.5) is 10.9 Å². The third kappa shape index (κ3) is 3.76. The number of hydrogen-bond acceptors (Lipinski definition) is 7. The van der Waals surface area contributed by atoms with Crippen LogP contribution in [0.2, 0.25) is 0 Å². The fourth-order valence-electron chi connectivity index (χ4n) is 3.65. The lowest BCUT2D eigenvalue weighted by Gasteiger charge is -2.31. The summed E-state index contributed by atoms with van der Waals surface area (Å²) < 4.78 is 1.67. The number of fused-ring (bicyclic) bond motifs is 1. The van der Waals surface area contributed by atoms with Crippen LogP contribution in [-0.4, -0.2) is 43.8 Å². The molecule has 1 aromatic carbocycles. The zero-order valence-electron chi connectivity index (χ0n) is 16.5. The number of anilines is 2. The van der Waals surface area contributed by atoms with Crippen molar-refractivity contribution in [3.05, 3.63) is 53.7 Å². The van der Waals surface area contributed by atoms with Gasteiger partial charge in [0.25, 0.3) is 0 Å². The molecule has 9 heteroatoms. The lowest BCUT2D eigenvalue weighted by molar-refractivity contribution is -0.120. The molecule has 152 valence electrons. The highest BCUT2D eigenvalue weighted by molar-refractivity contribution is 7.14. The number of benzene rings is 1. The second kappa shape index (κ2) is 7.83. The highest BCUT2D eigenvalue weighted by Gasteiger charge is 2.26. The molecule has 1 aliphatic rings. The average Bonchev–Trinajstić information content (AvgIpc) is 3.43. The summed E-state index contributed by atoms with van der Waals surface area (Å²) in [6, 6.07) is 12.1. The van der Waals surface area contributed by atoms with E-state index in [0.29, 0.717) is 5.13 Å². The van der Waals surface area contributed by atoms with Crippen LogP contribution in [0.3, 0.4) is 0 Å². The number of carbonyl (C=O) groups is 1. The van der Waals surface area contributed by atoms with Gasteiger partial charge in [0.15, 0.2) is 10.8 Å². The van der Waals surface area contributed by atoms with Crippen LogP contribution in [0.1, 0.15) is 18.4 Å². The standard InChI is InChI=1S/C21H21N7OS/c1-14-2-4-15(5-3-14)17-12-30-21(23-17)24-20(29)16-8-10-27(11-9-16)19-7-6-18-25-22-13-28(18)26-19/h2-7,12-13,16H,8-11H2,1H3,(H,23,24,29). The lowest BCUT2D eigenvalue weighted by atomic mass is 9.96. The molecule has 0 unspecified atom stereocenters. The van der Waals surface area contributed by atoms with E-state index >= 15 is 0 Å². The Morgan fingerprint density at radius 2 is 1.93 bits per heavy atom. The summed E-state index contributed by atoms with van der Waals surface area (Å²) >= 11 is 1.46. The number of thiazole rings is 1. The molecule has 1 amide bonds. The Balaban J connectivity index is 1.19. The van der Waals surface area contributed by atoms with Crippen LogP contribution >= 0.6 is 11.3 Å². The van der Waals surface area contributed by atoms with E-state index in [9.17, 15) is 4.79 Å². The normalized spacial score (nSPS) is 14.9. The van der Waals surface area contributed by atoms with Gasteiger partial charge >= 0.3 is 0 Å². The topological polar surface area (TPSA) is 88.3 Å². The van der Waals surface area contributed by atoms with Gasteiger partial charge in [-0.1, -0.05) is 29.8 Å². The van der Waals surface area contributed by atoms with Crippen molar-refractivity contribution < 1.29 is 4.79 Å². The Morgan fingerprint density at radius 3 is 2.73 bits per heavy atom. The third-order valence-electron chi connectivity index (χ3n) is 5.42. The quantitative estimate of drug-likeness (QED) is 0.545. The maximum atomic E-state index is 12.7. The summed E-state index contributed by atoms with van der Waals surface area (Å²) in [6.45, 7) is 3.63. The number of carbonyl (C=O) groups excluding carboxylic acids is 1. The van der Waals surface area contributed by atoms with Gasteiger partial charge in [-0.3, -0.25) is 4.79 Å². The number of hydrogen-bond donors (Lipinski definition) is 1. The molecule has 1 saturated heterocycles. The van der Waals surface area contributed by atoms with Gasteiger partial charge in [0.1, 0.15) is 12.1 Å². The Labute approximate surface area is 177 Å². The fourth-order valence-corrected chi connectivity index (χ4v) is 4.38. The Hall–Kier alpha value is -3.33.